The Morgan fingerprint density at radius 3 is 2.46 bits per heavy atom. The topological polar surface area (TPSA) is 55.8 Å². The fraction of sp³-hybridized carbons (Fsp3) is 0.435. The molecule has 2 aromatic rings. The summed E-state index contributed by atoms with van der Waals surface area (Å²) in [6, 6.07) is 13.8. The number of rotatable bonds is 7. The molecule has 0 radical (unpaired) electrons. The van der Waals surface area contributed by atoms with Crippen LogP contribution in [0.5, 0.6) is 5.75 Å². The largest absolute Gasteiger partial charge is 0.507 e. The number of phenolic OH excluding ortho intramolecular Hbond substituents is 1. The molecular formula is C23H31N3O2. The van der Waals surface area contributed by atoms with Crippen molar-refractivity contribution in [2.45, 2.75) is 26.7 Å². The van der Waals surface area contributed by atoms with E-state index in [0.717, 1.165) is 51.1 Å². The third-order valence-corrected chi connectivity index (χ3v) is 5.32. The van der Waals surface area contributed by atoms with Crippen molar-refractivity contribution >= 4 is 11.6 Å². The van der Waals surface area contributed by atoms with E-state index < -0.39 is 0 Å². The molecule has 0 aliphatic carbocycles. The van der Waals surface area contributed by atoms with Gasteiger partial charge in [-0.1, -0.05) is 18.2 Å². The molecule has 5 heteroatoms. The molecule has 0 aromatic heterocycles. The Hall–Kier alpha value is -2.53. The summed E-state index contributed by atoms with van der Waals surface area (Å²) >= 11 is 0. The lowest BCUT2D eigenvalue weighted by Gasteiger charge is -2.36. The highest BCUT2D eigenvalue weighted by Gasteiger charge is 2.17. The number of hydrogen-bond donors (Lipinski definition) is 2. The maximum Gasteiger partial charge on any atom is 0.255 e. The lowest BCUT2D eigenvalue weighted by atomic mass is 10.1. The van der Waals surface area contributed by atoms with Gasteiger partial charge in [0.05, 0.1) is 5.56 Å². The van der Waals surface area contributed by atoms with Crippen LogP contribution < -0.4 is 10.2 Å². The molecule has 0 unspecified atom stereocenters. The highest BCUT2D eigenvalue weighted by atomic mass is 16.3. The summed E-state index contributed by atoms with van der Waals surface area (Å²) in [5.41, 5.74) is 3.91. The Kier molecular flexibility index (Phi) is 6.93. The molecule has 28 heavy (non-hydrogen) atoms. The van der Waals surface area contributed by atoms with E-state index >= 15 is 0 Å². The zero-order valence-electron chi connectivity index (χ0n) is 16.9. The van der Waals surface area contributed by atoms with Crippen molar-refractivity contribution in [1.29, 1.82) is 0 Å². The maximum atomic E-state index is 12.1. The van der Waals surface area contributed by atoms with Crippen LogP contribution in [0.1, 0.15) is 34.3 Å². The molecular weight excluding hydrogens is 350 g/mol. The summed E-state index contributed by atoms with van der Waals surface area (Å²) in [5, 5.41) is 12.8. The average Bonchev–Trinajstić information content (AvgIpc) is 2.68. The number of nitrogens with one attached hydrogen (secondary N) is 1. The van der Waals surface area contributed by atoms with Crippen molar-refractivity contribution in [3.05, 3.63) is 59.2 Å². The van der Waals surface area contributed by atoms with Gasteiger partial charge in [0.25, 0.3) is 5.91 Å². The van der Waals surface area contributed by atoms with Crippen LogP contribution in [0.3, 0.4) is 0 Å². The van der Waals surface area contributed by atoms with Gasteiger partial charge in [0, 0.05) is 38.4 Å². The second-order valence-electron chi connectivity index (χ2n) is 7.65. The van der Waals surface area contributed by atoms with Crippen LogP contribution in [0.15, 0.2) is 42.5 Å². The van der Waals surface area contributed by atoms with Crippen LogP contribution >= 0.6 is 0 Å². The maximum absolute atomic E-state index is 12.1. The van der Waals surface area contributed by atoms with E-state index in [1.807, 2.05) is 13.0 Å². The molecule has 5 nitrogen and oxygen atoms in total. The zero-order chi connectivity index (χ0) is 19.9. The lowest BCUT2D eigenvalue weighted by molar-refractivity contribution is 0.0950. The lowest BCUT2D eigenvalue weighted by Crippen LogP contribution is -2.46. The van der Waals surface area contributed by atoms with Gasteiger partial charge in [0.1, 0.15) is 5.75 Å². The van der Waals surface area contributed by atoms with Gasteiger partial charge in [0.2, 0.25) is 0 Å². The van der Waals surface area contributed by atoms with Gasteiger partial charge in [-0.15, -0.1) is 0 Å². The van der Waals surface area contributed by atoms with E-state index in [9.17, 15) is 9.90 Å². The van der Waals surface area contributed by atoms with Gasteiger partial charge in [-0.05, 0) is 68.6 Å². The summed E-state index contributed by atoms with van der Waals surface area (Å²) in [5.74, 6) is -0.159. The number of benzene rings is 2. The number of nitrogens with zero attached hydrogens (tertiary/aromatic N) is 2. The molecule has 2 N–H and O–H groups in total. The second-order valence-corrected chi connectivity index (χ2v) is 7.65. The standard InChI is InChI=1S/C23H31N3O2/c1-18-6-5-7-20(16-18)26-14-12-25(13-15-26)11-4-3-10-24-23(28)21-9-8-19(2)17-22(21)27/h5-9,16-17,27H,3-4,10-15H2,1-2H3,(H,24,28). The fourth-order valence-electron chi connectivity index (χ4n) is 3.65. The first-order valence-corrected chi connectivity index (χ1v) is 10.1. The quantitative estimate of drug-likeness (QED) is 0.723. The van der Waals surface area contributed by atoms with Crippen molar-refractivity contribution in [3.8, 4) is 5.75 Å². The van der Waals surface area contributed by atoms with Crippen molar-refractivity contribution in [1.82, 2.24) is 10.2 Å². The van der Waals surface area contributed by atoms with Gasteiger partial charge in [-0.25, -0.2) is 0 Å². The molecule has 1 aliphatic rings. The molecule has 1 heterocycles. The summed E-state index contributed by atoms with van der Waals surface area (Å²) in [6.07, 6.45) is 2.00. The van der Waals surface area contributed by atoms with Crippen LogP contribution in [0.25, 0.3) is 0 Å². The zero-order valence-corrected chi connectivity index (χ0v) is 16.9. The van der Waals surface area contributed by atoms with E-state index in [0.29, 0.717) is 12.1 Å². The smallest absolute Gasteiger partial charge is 0.255 e. The Labute approximate surface area is 168 Å². The van der Waals surface area contributed by atoms with Crippen molar-refractivity contribution in [2.75, 3.05) is 44.2 Å². The minimum absolute atomic E-state index is 0.0454. The van der Waals surface area contributed by atoms with E-state index in [1.54, 1.807) is 12.1 Å². The first-order chi connectivity index (χ1) is 13.5. The predicted octanol–water partition coefficient (Wildman–Crippen LogP) is 3.34. The van der Waals surface area contributed by atoms with E-state index in [2.05, 4.69) is 46.3 Å². The monoisotopic (exact) mass is 381 g/mol. The third kappa shape index (κ3) is 5.49. The number of amides is 1. The molecule has 0 bridgehead atoms. The summed E-state index contributed by atoms with van der Waals surface area (Å²) < 4.78 is 0. The summed E-state index contributed by atoms with van der Waals surface area (Å²) in [4.78, 5) is 17.1. The number of carbonyl (C=O) groups is 1. The highest BCUT2D eigenvalue weighted by Crippen LogP contribution is 2.19. The molecule has 0 spiro atoms. The predicted molar refractivity (Wildman–Crippen MR) is 114 cm³/mol. The van der Waals surface area contributed by atoms with Gasteiger partial charge >= 0.3 is 0 Å². The molecule has 3 rings (SSSR count). The molecule has 2 aromatic carbocycles. The van der Waals surface area contributed by atoms with Crippen LogP contribution in [0.4, 0.5) is 5.69 Å². The van der Waals surface area contributed by atoms with Crippen LogP contribution in [-0.2, 0) is 0 Å². The molecule has 0 saturated carbocycles. The minimum Gasteiger partial charge on any atom is -0.507 e. The number of anilines is 1. The van der Waals surface area contributed by atoms with Crippen LogP contribution in [-0.4, -0.2) is 55.2 Å². The van der Waals surface area contributed by atoms with Crippen molar-refractivity contribution < 1.29 is 9.90 Å². The Morgan fingerprint density at radius 2 is 1.75 bits per heavy atom. The molecule has 150 valence electrons. The number of phenols is 1. The molecule has 1 fully saturated rings. The average molecular weight is 382 g/mol. The number of aromatic hydroxyl groups is 1. The van der Waals surface area contributed by atoms with Gasteiger partial charge < -0.3 is 15.3 Å². The van der Waals surface area contributed by atoms with Gasteiger partial charge in [-0.2, -0.15) is 0 Å². The van der Waals surface area contributed by atoms with Gasteiger partial charge in [0.15, 0.2) is 0 Å². The van der Waals surface area contributed by atoms with Crippen LogP contribution in [0.2, 0.25) is 0 Å². The Balaban J connectivity index is 1.32. The number of unbranched alkanes of at least 4 members (excludes halogenated alkanes) is 1. The SMILES string of the molecule is Cc1cccc(N2CCN(CCCCNC(=O)c3ccc(C)cc3O)CC2)c1. The summed E-state index contributed by atoms with van der Waals surface area (Å²) in [7, 11) is 0. The third-order valence-electron chi connectivity index (χ3n) is 5.32. The minimum atomic E-state index is -0.204. The molecule has 1 aliphatic heterocycles. The first kappa shape index (κ1) is 20.2. The van der Waals surface area contributed by atoms with E-state index in [-0.39, 0.29) is 11.7 Å². The number of aryl methyl sites for hydroxylation is 2. The Morgan fingerprint density at radius 1 is 1.00 bits per heavy atom. The normalized spacial score (nSPS) is 14.9. The second kappa shape index (κ2) is 9.60. The highest BCUT2D eigenvalue weighted by molar-refractivity contribution is 5.96. The summed E-state index contributed by atoms with van der Waals surface area (Å²) in [6.45, 7) is 10.0. The first-order valence-electron chi connectivity index (χ1n) is 10.1. The van der Waals surface area contributed by atoms with E-state index in [1.165, 1.54) is 11.3 Å². The molecule has 1 amide bonds. The van der Waals surface area contributed by atoms with Crippen molar-refractivity contribution in [2.24, 2.45) is 0 Å². The van der Waals surface area contributed by atoms with Crippen LogP contribution in [0, 0.1) is 13.8 Å². The molecule has 1 saturated heterocycles. The Bertz CT molecular complexity index is 798. The number of piperazine rings is 1. The fourth-order valence-corrected chi connectivity index (χ4v) is 3.65. The number of carbonyl (C=O) groups excluding carboxylic acids is 1. The molecule has 0 atom stereocenters. The van der Waals surface area contributed by atoms with Crippen molar-refractivity contribution in [3.63, 3.8) is 0 Å². The van der Waals surface area contributed by atoms with Gasteiger partial charge in [-0.3, -0.25) is 9.69 Å². The number of hydrogen-bond acceptors (Lipinski definition) is 4. The van der Waals surface area contributed by atoms with E-state index in [4.69, 9.17) is 0 Å².